The van der Waals surface area contributed by atoms with E-state index in [9.17, 15) is 18.0 Å². The van der Waals surface area contributed by atoms with Crippen molar-refractivity contribution in [3.63, 3.8) is 0 Å². The Morgan fingerprint density at radius 2 is 1.56 bits per heavy atom. The molecule has 0 aliphatic carbocycles. The Labute approximate surface area is 253 Å². The molecule has 3 aromatic rings. The van der Waals surface area contributed by atoms with Gasteiger partial charge in [-0.15, -0.1) is 0 Å². The molecule has 0 saturated heterocycles. The molecule has 0 saturated carbocycles. The van der Waals surface area contributed by atoms with E-state index in [0.717, 1.165) is 27.6 Å². The van der Waals surface area contributed by atoms with Crippen molar-refractivity contribution in [1.29, 1.82) is 0 Å². The molecule has 2 amide bonds. The Bertz CT molecular complexity index is 1380. The van der Waals surface area contributed by atoms with E-state index in [1.165, 1.54) is 10.6 Å². The lowest BCUT2D eigenvalue weighted by Gasteiger charge is -2.32. The number of anilines is 1. The number of aryl methyl sites for hydroxylation is 1. The van der Waals surface area contributed by atoms with E-state index in [4.69, 9.17) is 0 Å². The molecule has 41 heavy (non-hydrogen) atoms. The topological polar surface area (TPSA) is 86.8 Å². The summed E-state index contributed by atoms with van der Waals surface area (Å²) in [5.41, 5.74) is 3.44. The first-order valence-electron chi connectivity index (χ1n) is 13.9. The maximum Gasteiger partial charge on any atom is 0.243 e. The summed E-state index contributed by atoms with van der Waals surface area (Å²) in [6, 6.07) is 23.9. The van der Waals surface area contributed by atoms with Crippen molar-refractivity contribution in [2.24, 2.45) is 0 Å². The first kappa shape index (κ1) is 32.3. The van der Waals surface area contributed by atoms with Gasteiger partial charge in [-0.3, -0.25) is 13.9 Å². The Morgan fingerprint density at radius 3 is 2.15 bits per heavy atom. The number of benzene rings is 3. The third-order valence-electron chi connectivity index (χ3n) is 7.01. The summed E-state index contributed by atoms with van der Waals surface area (Å²) in [4.78, 5) is 29.2. The van der Waals surface area contributed by atoms with E-state index in [2.05, 4.69) is 21.2 Å². The van der Waals surface area contributed by atoms with E-state index in [0.29, 0.717) is 18.5 Å². The van der Waals surface area contributed by atoms with Gasteiger partial charge >= 0.3 is 0 Å². The lowest BCUT2D eigenvalue weighted by atomic mass is 10.0. The zero-order valence-electron chi connectivity index (χ0n) is 24.2. The molecule has 1 N–H and O–H groups in total. The highest BCUT2D eigenvalue weighted by molar-refractivity contribution is 9.10. The van der Waals surface area contributed by atoms with Crippen LogP contribution in [0.2, 0.25) is 0 Å². The molecule has 7 nitrogen and oxygen atoms in total. The van der Waals surface area contributed by atoms with E-state index in [1.807, 2.05) is 87.5 Å². The Kier molecular flexibility index (Phi) is 12.0. The normalized spacial score (nSPS) is 12.8. The van der Waals surface area contributed by atoms with E-state index >= 15 is 0 Å². The minimum absolute atomic E-state index is 0.0387. The van der Waals surface area contributed by atoms with Crippen molar-refractivity contribution in [1.82, 2.24) is 10.2 Å². The number of carbonyl (C=O) groups excluding carboxylic acids is 2. The minimum atomic E-state index is -3.55. The van der Waals surface area contributed by atoms with Gasteiger partial charge in [0.1, 0.15) is 6.04 Å². The zero-order chi connectivity index (χ0) is 30.0. The summed E-state index contributed by atoms with van der Waals surface area (Å²) in [6.45, 7) is 6.30. The van der Waals surface area contributed by atoms with Gasteiger partial charge in [0.15, 0.2) is 0 Å². The largest absolute Gasteiger partial charge is 0.352 e. The van der Waals surface area contributed by atoms with Crippen LogP contribution in [0.15, 0.2) is 83.3 Å². The number of hydrogen-bond acceptors (Lipinski definition) is 4. The van der Waals surface area contributed by atoms with Crippen LogP contribution in [0, 0.1) is 6.92 Å². The number of amides is 2. The van der Waals surface area contributed by atoms with E-state index in [1.54, 1.807) is 17.0 Å². The highest BCUT2D eigenvalue weighted by Crippen LogP contribution is 2.21. The molecule has 2 atom stereocenters. The van der Waals surface area contributed by atoms with E-state index < -0.39 is 16.1 Å². The summed E-state index contributed by atoms with van der Waals surface area (Å²) < 4.78 is 27.5. The number of nitrogens with zero attached hydrogens (tertiary/aromatic N) is 2. The summed E-state index contributed by atoms with van der Waals surface area (Å²) in [6.07, 6.45) is 2.70. The number of hydrogen-bond donors (Lipinski definition) is 1. The lowest BCUT2D eigenvalue weighted by molar-refractivity contribution is -0.141. The number of nitrogens with one attached hydrogen (secondary N) is 1. The fourth-order valence-corrected chi connectivity index (χ4v) is 5.73. The van der Waals surface area contributed by atoms with Crippen molar-refractivity contribution in [3.05, 3.63) is 100 Å². The Hall–Kier alpha value is -3.17. The number of carbonyl (C=O) groups is 2. The van der Waals surface area contributed by atoms with Crippen molar-refractivity contribution < 1.29 is 18.0 Å². The Balaban J connectivity index is 1.88. The average Bonchev–Trinajstić information content (AvgIpc) is 2.94. The molecule has 0 heterocycles. The van der Waals surface area contributed by atoms with Gasteiger partial charge in [0.05, 0.1) is 11.9 Å². The quantitative estimate of drug-likeness (QED) is 0.239. The summed E-state index contributed by atoms with van der Waals surface area (Å²) in [5.74, 6) is -0.406. The molecule has 0 bridgehead atoms. The van der Waals surface area contributed by atoms with Gasteiger partial charge in [0.25, 0.3) is 0 Å². The molecule has 0 aliphatic rings. The molecule has 0 fully saturated rings. The third-order valence-corrected chi connectivity index (χ3v) is 8.74. The van der Waals surface area contributed by atoms with Gasteiger partial charge in [-0.25, -0.2) is 8.42 Å². The first-order chi connectivity index (χ1) is 19.5. The number of halogens is 1. The van der Waals surface area contributed by atoms with Gasteiger partial charge in [0, 0.05) is 36.4 Å². The number of sulfonamides is 1. The third kappa shape index (κ3) is 10.0. The van der Waals surface area contributed by atoms with Gasteiger partial charge in [-0.2, -0.15) is 0 Å². The molecule has 0 aliphatic heterocycles. The lowest BCUT2D eigenvalue weighted by Crippen LogP contribution is -2.52. The zero-order valence-corrected chi connectivity index (χ0v) is 26.6. The predicted octanol–water partition coefficient (Wildman–Crippen LogP) is 5.86. The molecule has 0 unspecified atom stereocenters. The van der Waals surface area contributed by atoms with Crippen molar-refractivity contribution in [3.8, 4) is 0 Å². The number of rotatable bonds is 14. The molecule has 3 aromatic carbocycles. The van der Waals surface area contributed by atoms with Crippen LogP contribution in [0.4, 0.5) is 5.69 Å². The SMILES string of the molecule is CC[C@@H](C)NC(=O)[C@H](Cc1ccccc1)N(Cc1ccc(Br)cc1)C(=O)CCCN(c1ccc(C)cc1)S(C)(=O)=O. The van der Waals surface area contributed by atoms with E-state index in [-0.39, 0.29) is 37.4 Å². The maximum atomic E-state index is 13.9. The van der Waals surface area contributed by atoms with Crippen LogP contribution in [-0.4, -0.2) is 50.0 Å². The average molecular weight is 643 g/mol. The molecule has 0 aromatic heterocycles. The van der Waals surface area contributed by atoms with Crippen molar-refractivity contribution >= 4 is 43.5 Å². The monoisotopic (exact) mass is 641 g/mol. The smallest absolute Gasteiger partial charge is 0.243 e. The van der Waals surface area contributed by atoms with Crippen LogP contribution in [0.25, 0.3) is 0 Å². The summed E-state index contributed by atoms with van der Waals surface area (Å²) in [7, 11) is -3.55. The van der Waals surface area contributed by atoms with Gasteiger partial charge < -0.3 is 10.2 Å². The predicted molar refractivity (Wildman–Crippen MR) is 169 cm³/mol. The van der Waals surface area contributed by atoms with Crippen LogP contribution in [-0.2, 0) is 32.6 Å². The fourth-order valence-electron chi connectivity index (χ4n) is 4.50. The second-order valence-electron chi connectivity index (χ2n) is 10.4. The second-order valence-corrected chi connectivity index (χ2v) is 13.3. The van der Waals surface area contributed by atoms with Crippen LogP contribution < -0.4 is 9.62 Å². The molecule has 220 valence electrons. The van der Waals surface area contributed by atoms with Crippen LogP contribution >= 0.6 is 15.9 Å². The highest BCUT2D eigenvalue weighted by atomic mass is 79.9. The first-order valence-corrected chi connectivity index (χ1v) is 16.5. The highest BCUT2D eigenvalue weighted by Gasteiger charge is 2.31. The van der Waals surface area contributed by atoms with Crippen LogP contribution in [0.3, 0.4) is 0 Å². The summed E-state index contributed by atoms with van der Waals surface area (Å²) >= 11 is 3.46. The van der Waals surface area contributed by atoms with Gasteiger partial charge in [-0.05, 0) is 62.1 Å². The maximum absolute atomic E-state index is 13.9. The Morgan fingerprint density at radius 1 is 0.927 bits per heavy atom. The molecule has 0 radical (unpaired) electrons. The molecule has 0 spiro atoms. The second kappa shape index (κ2) is 15.2. The minimum Gasteiger partial charge on any atom is -0.352 e. The molecule has 9 heteroatoms. The standard InChI is InChI=1S/C32H40BrN3O4S/c1-5-25(3)34-32(38)30(22-26-10-7-6-8-11-26)35(23-27-15-17-28(33)18-16-27)31(37)12-9-21-36(41(4,39)40)29-19-13-24(2)14-20-29/h6-8,10-11,13-20,25,30H,5,9,12,21-23H2,1-4H3,(H,34,38)/t25-,30+/m1/s1. The van der Waals surface area contributed by atoms with Gasteiger partial charge in [0.2, 0.25) is 21.8 Å². The van der Waals surface area contributed by atoms with Crippen LogP contribution in [0.1, 0.15) is 49.8 Å². The molecular weight excluding hydrogens is 602 g/mol. The molecular formula is C32H40BrN3O4S. The summed E-state index contributed by atoms with van der Waals surface area (Å²) in [5, 5.41) is 3.07. The fraction of sp³-hybridized carbons (Fsp3) is 0.375. The van der Waals surface area contributed by atoms with Gasteiger partial charge in [-0.1, -0.05) is 83.0 Å². The van der Waals surface area contributed by atoms with Crippen molar-refractivity contribution in [2.75, 3.05) is 17.1 Å². The van der Waals surface area contributed by atoms with Crippen LogP contribution in [0.5, 0.6) is 0 Å². The van der Waals surface area contributed by atoms with Crippen molar-refractivity contribution in [2.45, 2.75) is 65.1 Å². The molecule has 3 rings (SSSR count).